The van der Waals surface area contributed by atoms with Crippen LogP contribution in [0.3, 0.4) is 0 Å². The minimum absolute atomic E-state index is 0.0625. The summed E-state index contributed by atoms with van der Waals surface area (Å²) in [5.41, 5.74) is 3.19. The van der Waals surface area contributed by atoms with Crippen LogP contribution in [-0.4, -0.2) is 46.8 Å². The van der Waals surface area contributed by atoms with Crippen molar-refractivity contribution in [3.8, 4) is 5.69 Å². The number of amides is 1. The Bertz CT molecular complexity index is 1080. The topological polar surface area (TPSA) is 41.4 Å². The van der Waals surface area contributed by atoms with Crippen molar-refractivity contribution in [2.24, 2.45) is 0 Å². The molecular formula is C23H23F3N4O. The van der Waals surface area contributed by atoms with Gasteiger partial charge in [-0.3, -0.25) is 4.79 Å². The van der Waals surface area contributed by atoms with Crippen LogP contribution in [0.25, 0.3) is 5.69 Å². The molecule has 1 aromatic heterocycles. The predicted octanol–water partition coefficient (Wildman–Crippen LogP) is 4.47. The molecule has 2 aromatic carbocycles. The number of halogens is 3. The van der Waals surface area contributed by atoms with Gasteiger partial charge in [-0.05, 0) is 44.2 Å². The lowest BCUT2D eigenvalue weighted by atomic mass is 10.1. The van der Waals surface area contributed by atoms with Crippen molar-refractivity contribution in [3.63, 3.8) is 0 Å². The summed E-state index contributed by atoms with van der Waals surface area (Å²) in [7, 11) is 0. The molecule has 0 radical (unpaired) electrons. The summed E-state index contributed by atoms with van der Waals surface area (Å²) in [6, 6.07) is 14.5. The number of nitrogens with zero attached hydrogens (tertiary/aromatic N) is 4. The maximum atomic E-state index is 13.0. The number of hydrogen-bond acceptors (Lipinski definition) is 3. The van der Waals surface area contributed by atoms with Gasteiger partial charge in [-0.25, -0.2) is 4.68 Å². The number of aryl methyl sites for hydroxylation is 1. The highest BCUT2D eigenvalue weighted by Crippen LogP contribution is 2.30. The van der Waals surface area contributed by atoms with Crippen LogP contribution in [0.15, 0.2) is 54.6 Å². The van der Waals surface area contributed by atoms with Crippen LogP contribution < -0.4 is 4.90 Å². The van der Waals surface area contributed by atoms with Gasteiger partial charge in [0.15, 0.2) is 0 Å². The average Bonchev–Trinajstić information content (AvgIpc) is 3.07. The Balaban J connectivity index is 1.49. The molecule has 4 rings (SSSR count). The highest BCUT2D eigenvalue weighted by molar-refractivity contribution is 5.94. The molecule has 0 bridgehead atoms. The number of hydrogen-bond donors (Lipinski definition) is 0. The zero-order chi connectivity index (χ0) is 22.2. The summed E-state index contributed by atoms with van der Waals surface area (Å²) in [5, 5.41) is 4.68. The molecule has 1 amide bonds. The van der Waals surface area contributed by atoms with Gasteiger partial charge < -0.3 is 9.80 Å². The normalized spacial score (nSPS) is 14.7. The summed E-state index contributed by atoms with van der Waals surface area (Å²) >= 11 is 0. The Morgan fingerprint density at radius 3 is 2.26 bits per heavy atom. The number of rotatable bonds is 3. The number of para-hydroxylation sites is 1. The molecule has 1 saturated heterocycles. The van der Waals surface area contributed by atoms with E-state index in [2.05, 4.69) is 10.00 Å². The monoisotopic (exact) mass is 428 g/mol. The van der Waals surface area contributed by atoms with Gasteiger partial charge in [-0.15, -0.1) is 0 Å². The van der Waals surface area contributed by atoms with Gasteiger partial charge >= 0.3 is 6.18 Å². The van der Waals surface area contributed by atoms with E-state index in [4.69, 9.17) is 0 Å². The molecule has 162 valence electrons. The maximum Gasteiger partial charge on any atom is 0.416 e. The number of carbonyl (C=O) groups is 1. The van der Waals surface area contributed by atoms with E-state index in [9.17, 15) is 18.0 Å². The Hall–Kier alpha value is -3.29. The average molecular weight is 428 g/mol. The molecule has 1 aliphatic rings. The van der Waals surface area contributed by atoms with Crippen LogP contribution in [0.5, 0.6) is 0 Å². The smallest absolute Gasteiger partial charge is 0.365 e. The third-order valence-corrected chi connectivity index (χ3v) is 5.57. The number of anilines is 1. The minimum Gasteiger partial charge on any atom is -0.365 e. The highest BCUT2D eigenvalue weighted by Gasteiger charge is 2.32. The second-order valence-electron chi connectivity index (χ2n) is 7.62. The zero-order valence-corrected chi connectivity index (χ0v) is 17.4. The molecular weight excluding hydrogens is 405 g/mol. The second kappa shape index (κ2) is 8.09. The largest absolute Gasteiger partial charge is 0.416 e. The standard InChI is InChI=1S/C23H23F3N4O/c1-16-21(17(2)30(27-16)20-9-4-3-5-10-20)28-11-13-29(14-12-28)22(31)18-7-6-8-19(15-18)23(24,25)26/h3-10,15H,11-14H2,1-2H3. The van der Waals surface area contributed by atoms with E-state index >= 15 is 0 Å². The molecule has 0 aliphatic carbocycles. The van der Waals surface area contributed by atoms with E-state index in [0.717, 1.165) is 34.9 Å². The van der Waals surface area contributed by atoms with Crippen molar-refractivity contribution in [1.82, 2.24) is 14.7 Å². The Morgan fingerprint density at radius 2 is 1.61 bits per heavy atom. The molecule has 0 atom stereocenters. The summed E-state index contributed by atoms with van der Waals surface area (Å²) in [4.78, 5) is 16.6. The molecule has 1 aliphatic heterocycles. The Kier molecular flexibility index (Phi) is 5.47. The van der Waals surface area contributed by atoms with Crippen LogP contribution in [0.1, 0.15) is 27.3 Å². The van der Waals surface area contributed by atoms with E-state index in [1.807, 2.05) is 48.9 Å². The maximum absolute atomic E-state index is 13.0. The van der Waals surface area contributed by atoms with Gasteiger partial charge in [0.2, 0.25) is 0 Å². The van der Waals surface area contributed by atoms with Crippen molar-refractivity contribution in [2.45, 2.75) is 20.0 Å². The summed E-state index contributed by atoms with van der Waals surface area (Å²) in [6.45, 7) is 6.03. The molecule has 8 heteroatoms. The van der Waals surface area contributed by atoms with Crippen LogP contribution in [0.4, 0.5) is 18.9 Å². The molecule has 0 saturated carbocycles. The number of alkyl halides is 3. The molecule has 0 spiro atoms. The quantitative estimate of drug-likeness (QED) is 0.618. The fraction of sp³-hybridized carbons (Fsp3) is 0.304. The molecule has 0 unspecified atom stereocenters. The fourth-order valence-corrected chi connectivity index (χ4v) is 4.06. The molecule has 5 nitrogen and oxygen atoms in total. The Morgan fingerprint density at radius 1 is 0.935 bits per heavy atom. The van der Waals surface area contributed by atoms with Crippen LogP contribution >= 0.6 is 0 Å². The molecule has 3 aromatic rings. The lowest BCUT2D eigenvalue weighted by molar-refractivity contribution is -0.137. The number of aromatic nitrogens is 2. The van der Waals surface area contributed by atoms with Crippen LogP contribution in [0, 0.1) is 13.8 Å². The van der Waals surface area contributed by atoms with Gasteiger partial charge in [0.1, 0.15) is 0 Å². The lowest BCUT2D eigenvalue weighted by Crippen LogP contribution is -2.49. The van der Waals surface area contributed by atoms with Crippen molar-refractivity contribution in [2.75, 3.05) is 31.1 Å². The van der Waals surface area contributed by atoms with Gasteiger partial charge in [-0.1, -0.05) is 24.3 Å². The van der Waals surface area contributed by atoms with E-state index in [0.29, 0.717) is 26.2 Å². The van der Waals surface area contributed by atoms with E-state index in [1.54, 1.807) is 4.90 Å². The van der Waals surface area contributed by atoms with E-state index in [1.165, 1.54) is 12.1 Å². The molecule has 2 heterocycles. The predicted molar refractivity (Wildman–Crippen MR) is 113 cm³/mol. The summed E-state index contributed by atoms with van der Waals surface area (Å²) < 4.78 is 40.8. The van der Waals surface area contributed by atoms with Crippen molar-refractivity contribution in [3.05, 3.63) is 77.1 Å². The van der Waals surface area contributed by atoms with Crippen molar-refractivity contribution >= 4 is 11.6 Å². The first-order valence-corrected chi connectivity index (χ1v) is 10.1. The summed E-state index contributed by atoms with van der Waals surface area (Å²) in [5.74, 6) is -0.376. The Labute approximate surface area is 178 Å². The number of piperazine rings is 1. The lowest BCUT2D eigenvalue weighted by Gasteiger charge is -2.36. The molecule has 0 N–H and O–H groups in total. The van der Waals surface area contributed by atoms with E-state index in [-0.39, 0.29) is 11.5 Å². The van der Waals surface area contributed by atoms with Crippen LogP contribution in [0.2, 0.25) is 0 Å². The fourth-order valence-electron chi connectivity index (χ4n) is 4.06. The van der Waals surface area contributed by atoms with Gasteiger partial charge in [0, 0.05) is 31.7 Å². The number of carbonyl (C=O) groups excluding carboxylic acids is 1. The molecule has 31 heavy (non-hydrogen) atoms. The van der Waals surface area contributed by atoms with Gasteiger partial charge in [-0.2, -0.15) is 18.3 Å². The first kappa shape index (κ1) is 21.0. The van der Waals surface area contributed by atoms with Crippen molar-refractivity contribution in [1.29, 1.82) is 0 Å². The van der Waals surface area contributed by atoms with Gasteiger partial charge in [0.25, 0.3) is 5.91 Å². The minimum atomic E-state index is -4.47. The highest BCUT2D eigenvalue weighted by atomic mass is 19.4. The van der Waals surface area contributed by atoms with Crippen molar-refractivity contribution < 1.29 is 18.0 Å². The number of benzene rings is 2. The first-order chi connectivity index (χ1) is 14.8. The van der Waals surface area contributed by atoms with E-state index < -0.39 is 11.7 Å². The first-order valence-electron chi connectivity index (χ1n) is 10.1. The SMILES string of the molecule is Cc1nn(-c2ccccc2)c(C)c1N1CCN(C(=O)c2cccc(C(F)(F)F)c2)CC1. The zero-order valence-electron chi connectivity index (χ0n) is 17.4. The molecule has 1 fully saturated rings. The van der Waals surface area contributed by atoms with Gasteiger partial charge in [0.05, 0.1) is 28.3 Å². The van der Waals surface area contributed by atoms with Crippen LogP contribution in [-0.2, 0) is 6.18 Å². The second-order valence-corrected chi connectivity index (χ2v) is 7.62. The third-order valence-electron chi connectivity index (χ3n) is 5.57. The summed E-state index contributed by atoms with van der Waals surface area (Å²) in [6.07, 6.45) is -4.47. The third kappa shape index (κ3) is 4.15.